The fourth-order valence-electron chi connectivity index (χ4n) is 2.05. The third-order valence-corrected chi connectivity index (χ3v) is 2.94. The van der Waals surface area contributed by atoms with Crippen LogP contribution in [-0.2, 0) is 9.53 Å². The van der Waals surface area contributed by atoms with Crippen molar-refractivity contribution in [2.75, 3.05) is 6.61 Å². The Morgan fingerprint density at radius 1 is 1.50 bits per heavy atom. The highest BCUT2D eigenvalue weighted by Crippen LogP contribution is 2.28. The van der Waals surface area contributed by atoms with Gasteiger partial charge in [-0.05, 0) is 39.0 Å². The predicted octanol–water partition coefficient (Wildman–Crippen LogP) is 2.81. The van der Waals surface area contributed by atoms with Gasteiger partial charge in [-0.1, -0.05) is 6.92 Å². The van der Waals surface area contributed by atoms with E-state index in [0.717, 1.165) is 38.2 Å². The van der Waals surface area contributed by atoms with E-state index in [9.17, 15) is 4.79 Å². The smallest absolute Gasteiger partial charge is 0.136 e. The van der Waals surface area contributed by atoms with E-state index in [2.05, 4.69) is 6.92 Å². The van der Waals surface area contributed by atoms with Crippen molar-refractivity contribution in [3.63, 3.8) is 0 Å². The Hall–Kier alpha value is -0.370. The maximum atomic E-state index is 11.6. The van der Waals surface area contributed by atoms with E-state index in [1.54, 1.807) is 0 Å². The lowest BCUT2D eigenvalue weighted by Gasteiger charge is -2.25. The number of ketones is 1. The Bertz CT molecular complexity index is 187. The number of carbonyl (C=O) groups is 1. The molecule has 0 amide bonds. The van der Waals surface area contributed by atoms with E-state index >= 15 is 0 Å². The molecule has 2 atom stereocenters. The Morgan fingerprint density at radius 3 is 2.86 bits per heavy atom. The first-order valence-corrected chi connectivity index (χ1v) is 5.74. The van der Waals surface area contributed by atoms with Crippen molar-refractivity contribution in [3.8, 4) is 0 Å². The number of hydrogen-bond donors (Lipinski definition) is 0. The number of rotatable bonds is 4. The summed E-state index contributed by atoms with van der Waals surface area (Å²) in [5, 5.41) is 0. The molecule has 0 bridgehead atoms. The first-order chi connectivity index (χ1) is 6.59. The molecule has 0 aromatic rings. The Morgan fingerprint density at radius 2 is 2.21 bits per heavy atom. The van der Waals surface area contributed by atoms with Crippen LogP contribution in [-0.4, -0.2) is 18.5 Å². The Labute approximate surface area is 87.0 Å². The lowest BCUT2D eigenvalue weighted by atomic mass is 9.80. The van der Waals surface area contributed by atoms with Gasteiger partial charge >= 0.3 is 0 Å². The molecule has 1 aliphatic rings. The maximum absolute atomic E-state index is 11.6. The van der Waals surface area contributed by atoms with Gasteiger partial charge in [0.1, 0.15) is 5.78 Å². The van der Waals surface area contributed by atoms with Gasteiger partial charge in [-0.25, -0.2) is 0 Å². The highest BCUT2D eigenvalue weighted by molar-refractivity contribution is 5.81. The predicted molar refractivity (Wildman–Crippen MR) is 57.2 cm³/mol. The van der Waals surface area contributed by atoms with Crippen molar-refractivity contribution in [1.29, 1.82) is 0 Å². The van der Waals surface area contributed by atoms with E-state index in [-0.39, 0.29) is 12.0 Å². The molecule has 0 aromatic carbocycles. The van der Waals surface area contributed by atoms with Crippen molar-refractivity contribution in [2.45, 2.75) is 52.6 Å². The van der Waals surface area contributed by atoms with Crippen molar-refractivity contribution in [1.82, 2.24) is 0 Å². The van der Waals surface area contributed by atoms with Gasteiger partial charge in [-0.2, -0.15) is 0 Å². The highest BCUT2D eigenvalue weighted by Gasteiger charge is 2.25. The third kappa shape index (κ3) is 3.79. The molecule has 1 rings (SSSR count). The molecule has 82 valence electrons. The first-order valence-electron chi connectivity index (χ1n) is 5.74. The number of ether oxygens (including phenoxy) is 1. The fraction of sp³-hybridized carbons (Fsp3) is 0.917. The summed E-state index contributed by atoms with van der Waals surface area (Å²) in [7, 11) is 0. The summed E-state index contributed by atoms with van der Waals surface area (Å²) in [6.07, 6.45) is 4.14. The fourth-order valence-corrected chi connectivity index (χ4v) is 2.05. The summed E-state index contributed by atoms with van der Waals surface area (Å²) in [5.74, 6) is 1.45. The van der Waals surface area contributed by atoms with Crippen LogP contribution >= 0.6 is 0 Å². The average molecular weight is 198 g/mol. The van der Waals surface area contributed by atoms with Crippen LogP contribution in [0.1, 0.15) is 46.5 Å². The molecule has 1 aliphatic carbocycles. The van der Waals surface area contributed by atoms with Gasteiger partial charge in [0.15, 0.2) is 0 Å². The second kappa shape index (κ2) is 5.50. The summed E-state index contributed by atoms with van der Waals surface area (Å²) >= 11 is 0. The second-order valence-electron chi connectivity index (χ2n) is 4.75. The van der Waals surface area contributed by atoms with Gasteiger partial charge in [0, 0.05) is 18.9 Å². The molecule has 0 saturated heterocycles. The zero-order valence-corrected chi connectivity index (χ0v) is 9.58. The van der Waals surface area contributed by atoms with Crippen LogP contribution in [0.15, 0.2) is 0 Å². The van der Waals surface area contributed by atoms with Crippen molar-refractivity contribution < 1.29 is 9.53 Å². The molecule has 1 saturated carbocycles. The van der Waals surface area contributed by atoms with Crippen LogP contribution in [0.25, 0.3) is 0 Å². The molecule has 1 fully saturated rings. The Kier molecular flexibility index (Phi) is 4.59. The van der Waals surface area contributed by atoms with E-state index in [0.29, 0.717) is 5.78 Å². The van der Waals surface area contributed by atoms with Crippen LogP contribution in [0.2, 0.25) is 0 Å². The summed E-state index contributed by atoms with van der Waals surface area (Å²) in [5.41, 5.74) is 0. The minimum Gasteiger partial charge on any atom is -0.379 e. The topological polar surface area (TPSA) is 26.3 Å². The average Bonchev–Trinajstić information content (AvgIpc) is 2.10. The van der Waals surface area contributed by atoms with E-state index in [1.807, 2.05) is 13.8 Å². The van der Waals surface area contributed by atoms with Gasteiger partial charge in [0.05, 0.1) is 6.10 Å². The van der Waals surface area contributed by atoms with Crippen molar-refractivity contribution >= 4 is 5.78 Å². The zero-order chi connectivity index (χ0) is 10.6. The summed E-state index contributed by atoms with van der Waals surface area (Å²) in [6, 6.07) is 0. The minimum atomic E-state index is 0.275. The van der Waals surface area contributed by atoms with Gasteiger partial charge in [-0.3, -0.25) is 4.79 Å². The normalized spacial score (nSPS) is 28.4. The molecule has 2 nitrogen and oxygen atoms in total. The van der Waals surface area contributed by atoms with Crippen LogP contribution in [0.4, 0.5) is 0 Å². The lowest BCUT2D eigenvalue weighted by Crippen LogP contribution is -2.25. The quantitative estimate of drug-likeness (QED) is 0.694. The van der Waals surface area contributed by atoms with Crippen LogP contribution in [0.5, 0.6) is 0 Å². The standard InChI is InChI=1S/C12H22O2/c1-9(2)14-7-6-11-8-10(3)4-5-12(11)13/h9-11H,4-8H2,1-3H3. The van der Waals surface area contributed by atoms with E-state index in [4.69, 9.17) is 4.74 Å². The molecular weight excluding hydrogens is 176 g/mol. The summed E-state index contributed by atoms with van der Waals surface area (Å²) in [6.45, 7) is 7.04. The van der Waals surface area contributed by atoms with Gasteiger partial charge in [-0.15, -0.1) is 0 Å². The SMILES string of the molecule is CC1CCC(=O)C(CCOC(C)C)C1. The summed E-state index contributed by atoms with van der Waals surface area (Å²) < 4.78 is 5.48. The van der Waals surface area contributed by atoms with Crippen LogP contribution in [0.3, 0.4) is 0 Å². The molecule has 0 heterocycles. The molecule has 2 heteroatoms. The molecule has 0 spiro atoms. The molecular formula is C12H22O2. The highest BCUT2D eigenvalue weighted by atomic mass is 16.5. The minimum absolute atomic E-state index is 0.275. The second-order valence-corrected chi connectivity index (χ2v) is 4.75. The van der Waals surface area contributed by atoms with E-state index in [1.165, 1.54) is 0 Å². The van der Waals surface area contributed by atoms with Crippen molar-refractivity contribution in [3.05, 3.63) is 0 Å². The lowest BCUT2D eigenvalue weighted by molar-refractivity contribution is -0.126. The van der Waals surface area contributed by atoms with Crippen molar-refractivity contribution in [2.24, 2.45) is 11.8 Å². The van der Waals surface area contributed by atoms with Gasteiger partial charge in [0.2, 0.25) is 0 Å². The molecule has 14 heavy (non-hydrogen) atoms. The Balaban J connectivity index is 2.24. The number of Topliss-reactive ketones (excluding diaryl/α,β-unsaturated/α-hetero) is 1. The molecule has 2 unspecified atom stereocenters. The van der Waals surface area contributed by atoms with Crippen LogP contribution in [0, 0.1) is 11.8 Å². The monoisotopic (exact) mass is 198 g/mol. The zero-order valence-electron chi connectivity index (χ0n) is 9.58. The van der Waals surface area contributed by atoms with Gasteiger partial charge in [0.25, 0.3) is 0 Å². The van der Waals surface area contributed by atoms with Gasteiger partial charge < -0.3 is 4.74 Å². The summed E-state index contributed by atoms with van der Waals surface area (Å²) in [4.78, 5) is 11.6. The first kappa shape index (κ1) is 11.7. The molecule has 0 aromatic heterocycles. The number of carbonyl (C=O) groups excluding carboxylic acids is 1. The molecule has 0 radical (unpaired) electrons. The van der Waals surface area contributed by atoms with E-state index < -0.39 is 0 Å². The molecule has 0 aliphatic heterocycles. The third-order valence-electron chi connectivity index (χ3n) is 2.94. The van der Waals surface area contributed by atoms with Crippen LogP contribution < -0.4 is 0 Å². The molecule has 0 N–H and O–H groups in total. The number of hydrogen-bond acceptors (Lipinski definition) is 2. The largest absolute Gasteiger partial charge is 0.379 e. The maximum Gasteiger partial charge on any atom is 0.136 e.